The van der Waals surface area contributed by atoms with E-state index in [1.54, 1.807) is 0 Å². The summed E-state index contributed by atoms with van der Waals surface area (Å²) in [5.41, 5.74) is 1.04. The Morgan fingerprint density at radius 1 is 1.15 bits per heavy atom. The summed E-state index contributed by atoms with van der Waals surface area (Å²) in [5.74, 6) is -0.959. The second-order valence-electron chi connectivity index (χ2n) is 4.14. The van der Waals surface area contributed by atoms with E-state index < -0.39 is 11.8 Å². The van der Waals surface area contributed by atoms with Crippen molar-refractivity contribution in [3.8, 4) is 6.07 Å². The summed E-state index contributed by atoms with van der Waals surface area (Å²) >= 11 is 6.04. The Balaban J connectivity index is 2.17. The molecule has 0 saturated heterocycles. The molecule has 0 saturated carbocycles. The first kappa shape index (κ1) is 12.3. The van der Waals surface area contributed by atoms with Gasteiger partial charge >= 0.3 is 0 Å². The molecule has 0 spiro atoms. The summed E-state index contributed by atoms with van der Waals surface area (Å²) in [4.78, 5) is 29.4. The molecule has 3 rings (SSSR count). The van der Waals surface area contributed by atoms with Crippen molar-refractivity contribution >= 4 is 29.1 Å². The smallest absolute Gasteiger partial charge is 0.267 e. The van der Waals surface area contributed by atoms with Crippen LogP contribution in [0.3, 0.4) is 0 Å². The van der Waals surface area contributed by atoms with Crippen LogP contribution in [0.15, 0.2) is 36.7 Å². The number of carbonyl (C=O) groups is 2. The van der Waals surface area contributed by atoms with Crippen LogP contribution in [0.2, 0.25) is 5.02 Å². The number of nitriles is 1. The third-order valence-corrected chi connectivity index (χ3v) is 3.32. The van der Waals surface area contributed by atoms with Crippen LogP contribution in [-0.2, 0) is 0 Å². The second kappa shape index (κ2) is 4.44. The number of carbonyl (C=O) groups excluding carboxylic acids is 2. The van der Waals surface area contributed by atoms with E-state index in [4.69, 9.17) is 16.9 Å². The van der Waals surface area contributed by atoms with E-state index in [0.29, 0.717) is 5.56 Å². The van der Waals surface area contributed by atoms with E-state index >= 15 is 0 Å². The van der Waals surface area contributed by atoms with E-state index in [1.807, 2.05) is 6.07 Å². The van der Waals surface area contributed by atoms with Crippen LogP contribution in [0.1, 0.15) is 26.3 Å². The zero-order chi connectivity index (χ0) is 14.3. The number of hydrogen-bond donors (Lipinski definition) is 0. The first-order chi connectivity index (χ1) is 9.63. The molecule has 6 heteroatoms. The van der Waals surface area contributed by atoms with Gasteiger partial charge in [0.15, 0.2) is 0 Å². The molecular weight excluding hydrogens is 278 g/mol. The number of imide groups is 1. The van der Waals surface area contributed by atoms with Gasteiger partial charge in [0, 0.05) is 12.4 Å². The summed E-state index contributed by atoms with van der Waals surface area (Å²) in [6.07, 6.45) is 2.79. The molecule has 2 heterocycles. The van der Waals surface area contributed by atoms with E-state index in [1.165, 1.54) is 36.7 Å². The molecule has 96 valence electrons. The number of nitrogens with zero attached hydrogens (tertiary/aromatic N) is 3. The topological polar surface area (TPSA) is 74.1 Å². The molecule has 1 aliphatic heterocycles. The number of aromatic nitrogens is 1. The summed E-state index contributed by atoms with van der Waals surface area (Å²) in [7, 11) is 0. The number of rotatable bonds is 1. The van der Waals surface area contributed by atoms with Crippen molar-refractivity contribution in [1.29, 1.82) is 5.26 Å². The minimum Gasteiger partial charge on any atom is -0.268 e. The molecule has 2 amide bonds. The minimum atomic E-state index is -0.491. The van der Waals surface area contributed by atoms with Crippen LogP contribution >= 0.6 is 11.6 Å². The van der Waals surface area contributed by atoms with Gasteiger partial charge in [-0.1, -0.05) is 11.6 Å². The monoisotopic (exact) mass is 283 g/mol. The predicted octanol–water partition coefficient (Wildman–Crippen LogP) is 2.41. The van der Waals surface area contributed by atoms with Crippen LogP contribution in [0.5, 0.6) is 0 Å². The fourth-order valence-electron chi connectivity index (χ4n) is 2.06. The van der Waals surface area contributed by atoms with Crippen molar-refractivity contribution in [1.82, 2.24) is 4.98 Å². The highest BCUT2D eigenvalue weighted by atomic mass is 35.5. The summed E-state index contributed by atoms with van der Waals surface area (Å²) < 4.78 is 0. The highest BCUT2D eigenvalue weighted by Crippen LogP contribution is 2.33. The van der Waals surface area contributed by atoms with Gasteiger partial charge in [0.1, 0.15) is 0 Å². The Morgan fingerprint density at radius 3 is 2.60 bits per heavy atom. The van der Waals surface area contributed by atoms with E-state index in [0.717, 1.165) is 4.90 Å². The second-order valence-corrected chi connectivity index (χ2v) is 4.55. The van der Waals surface area contributed by atoms with Gasteiger partial charge in [-0.3, -0.25) is 14.6 Å². The highest BCUT2D eigenvalue weighted by Gasteiger charge is 2.37. The zero-order valence-electron chi connectivity index (χ0n) is 10.0. The molecule has 0 bridgehead atoms. The van der Waals surface area contributed by atoms with E-state index in [-0.39, 0.29) is 21.8 Å². The molecule has 2 aromatic rings. The average Bonchev–Trinajstić information content (AvgIpc) is 2.72. The van der Waals surface area contributed by atoms with Crippen molar-refractivity contribution in [2.24, 2.45) is 0 Å². The van der Waals surface area contributed by atoms with Crippen LogP contribution in [-0.4, -0.2) is 16.8 Å². The molecule has 0 atom stereocenters. The van der Waals surface area contributed by atoms with E-state index in [2.05, 4.69) is 4.98 Å². The largest absolute Gasteiger partial charge is 0.268 e. The number of hydrogen-bond acceptors (Lipinski definition) is 4. The zero-order valence-corrected chi connectivity index (χ0v) is 10.8. The first-order valence-corrected chi connectivity index (χ1v) is 6.03. The van der Waals surface area contributed by atoms with Crippen molar-refractivity contribution in [2.45, 2.75) is 0 Å². The van der Waals surface area contributed by atoms with Crippen LogP contribution < -0.4 is 4.90 Å². The number of halogens is 1. The minimum absolute atomic E-state index is 0.205. The van der Waals surface area contributed by atoms with Crippen molar-refractivity contribution < 1.29 is 9.59 Å². The number of pyridine rings is 1. The standard InChI is InChI=1S/C14H6ClN3O2/c15-11-2-1-8(6-16)5-12(11)18-13(19)9-3-4-17-7-10(9)14(18)20/h1-5,7H. The lowest BCUT2D eigenvalue weighted by Gasteiger charge is -2.15. The number of amides is 2. The lowest BCUT2D eigenvalue weighted by Crippen LogP contribution is -2.29. The Morgan fingerprint density at radius 2 is 1.90 bits per heavy atom. The van der Waals surface area contributed by atoms with Gasteiger partial charge in [0.05, 0.1) is 33.5 Å². The Bertz CT molecular complexity index is 760. The van der Waals surface area contributed by atoms with Crippen molar-refractivity contribution in [3.63, 3.8) is 0 Å². The first-order valence-electron chi connectivity index (χ1n) is 5.66. The third-order valence-electron chi connectivity index (χ3n) is 3.00. The molecule has 0 unspecified atom stereocenters. The van der Waals surface area contributed by atoms with Crippen molar-refractivity contribution in [2.75, 3.05) is 4.90 Å². The maximum atomic E-state index is 12.3. The van der Waals surface area contributed by atoms with Crippen LogP contribution in [0.4, 0.5) is 5.69 Å². The fraction of sp³-hybridized carbons (Fsp3) is 0. The Hall–Kier alpha value is -2.71. The predicted molar refractivity (Wildman–Crippen MR) is 71.5 cm³/mol. The fourth-order valence-corrected chi connectivity index (χ4v) is 2.26. The van der Waals surface area contributed by atoms with Crippen LogP contribution in [0, 0.1) is 11.3 Å². The molecule has 5 nitrogen and oxygen atoms in total. The van der Waals surface area contributed by atoms with Crippen molar-refractivity contribution in [3.05, 3.63) is 58.4 Å². The summed E-state index contributed by atoms with van der Waals surface area (Å²) in [6.45, 7) is 0. The molecule has 1 aliphatic rings. The third kappa shape index (κ3) is 1.67. The molecule has 1 aromatic heterocycles. The Kier molecular flexibility index (Phi) is 2.74. The molecule has 20 heavy (non-hydrogen) atoms. The quantitative estimate of drug-likeness (QED) is 0.753. The van der Waals surface area contributed by atoms with Gasteiger partial charge < -0.3 is 0 Å². The number of benzene rings is 1. The summed E-state index contributed by atoms with van der Waals surface area (Å²) in [5, 5.41) is 9.14. The highest BCUT2D eigenvalue weighted by molar-refractivity contribution is 6.39. The molecule has 0 N–H and O–H groups in total. The molecule has 1 aromatic carbocycles. The van der Waals surface area contributed by atoms with Gasteiger partial charge in [-0.05, 0) is 24.3 Å². The molecular formula is C14H6ClN3O2. The maximum Gasteiger partial charge on any atom is 0.267 e. The lowest BCUT2D eigenvalue weighted by atomic mass is 10.2. The Labute approximate surface area is 119 Å². The number of anilines is 1. The number of fused-ring (bicyclic) bond motifs is 1. The summed E-state index contributed by atoms with van der Waals surface area (Å²) in [6, 6.07) is 7.85. The van der Waals surface area contributed by atoms with Gasteiger partial charge in [0.25, 0.3) is 11.8 Å². The van der Waals surface area contributed by atoms with Gasteiger partial charge in [-0.15, -0.1) is 0 Å². The van der Waals surface area contributed by atoms with Gasteiger partial charge in [-0.2, -0.15) is 5.26 Å². The molecule has 0 fully saturated rings. The average molecular weight is 284 g/mol. The lowest BCUT2D eigenvalue weighted by molar-refractivity contribution is 0.0926. The normalized spacial score (nSPS) is 13.3. The van der Waals surface area contributed by atoms with Gasteiger partial charge in [-0.25, -0.2) is 4.90 Å². The SMILES string of the molecule is N#Cc1ccc(Cl)c(N2C(=O)c3ccncc3C2=O)c1. The molecule has 0 radical (unpaired) electrons. The maximum absolute atomic E-state index is 12.3. The van der Waals surface area contributed by atoms with Crippen LogP contribution in [0.25, 0.3) is 0 Å². The van der Waals surface area contributed by atoms with Gasteiger partial charge in [0.2, 0.25) is 0 Å². The van der Waals surface area contributed by atoms with E-state index in [9.17, 15) is 9.59 Å². The molecule has 0 aliphatic carbocycles.